The Kier molecular flexibility index (Phi) is 3.74. The van der Waals surface area contributed by atoms with Crippen LogP contribution in [0.1, 0.15) is 15.9 Å². The lowest BCUT2D eigenvalue weighted by Gasteiger charge is -2.00. The van der Waals surface area contributed by atoms with Crippen LogP contribution in [0.3, 0.4) is 0 Å². The first-order valence-electron chi connectivity index (χ1n) is 7.89. The number of phenolic OH excluding ortho intramolecular Hbond substituents is 1. The van der Waals surface area contributed by atoms with Crippen LogP contribution in [0.5, 0.6) is 5.75 Å². The molecule has 0 aliphatic carbocycles. The summed E-state index contributed by atoms with van der Waals surface area (Å²) >= 11 is 6.02. The normalized spacial score (nSPS) is 11.2. The molecule has 0 amide bonds. The minimum Gasteiger partial charge on any atom is -0.504 e. The summed E-state index contributed by atoms with van der Waals surface area (Å²) in [5.74, 6) is -0.344. The largest absolute Gasteiger partial charge is 0.504 e. The summed E-state index contributed by atoms with van der Waals surface area (Å²) in [6, 6.07) is 13.6. The number of phenols is 1. The van der Waals surface area contributed by atoms with Crippen LogP contribution in [-0.4, -0.2) is 21.2 Å². The Morgan fingerprint density at radius 2 is 1.77 bits per heavy atom. The number of aromatic hydroxyl groups is 1. The number of aromatic amines is 1. The molecule has 0 spiro atoms. The first-order valence-corrected chi connectivity index (χ1v) is 8.26. The van der Waals surface area contributed by atoms with Crippen molar-refractivity contribution >= 4 is 28.5 Å². The molecular formula is C20H14ClNO4. The second-order valence-electron chi connectivity index (χ2n) is 6.03. The first kappa shape index (κ1) is 16.3. The molecule has 0 saturated carbocycles. The molecule has 3 N–H and O–H groups in total. The first-order chi connectivity index (χ1) is 12.4. The Morgan fingerprint density at radius 1 is 1.08 bits per heavy atom. The number of aromatic nitrogens is 1. The quantitative estimate of drug-likeness (QED) is 0.448. The van der Waals surface area contributed by atoms with Gasteiger partial charge in [-0.05, 0) is 42.8 Å². The van der Waals surface area contributed by atoms with Gasteiger partial charge in [-0.3, -0.25) is 0 Å². The van der Waals surface area contributed by atoms with Gasteiger partial charge in [0, 0.05) is 27.7 Å². The molecule has 4 rings (SSSR count). The molecule has 0 aliphatic rings. The summed E-state index contributed by atoms with van der Waals surface area (Å²) in [6.07, 6.45) is 0. The number of benzene rings is 2. The van der Waals surface area contributed by atoms with Crippen molar-refractivity contribution in [3.05, 3.63) is 64.7 Å². The van der Waals surface area contributed by atoms with E-state index in [1.54, 1.807) is 30.3 Å². The monoisotopic (exact) mass is 367 g/mol. The number of H-pyrrole nitrogens is 1. The Labute approximate surface area is 153 Å². The van der Waals surface area contributed by atoms with Gasteiger partial charge in [0.15, 0.2) is 17.1 Å². The van der Waals surface area contributed by atoms with Crippen molar-refractivity contribution in [2.24, 2.45) is 0 Å². The number of carboxylic acid groups (broad SMARTS) is 1. The second-order valence-corrected chi connectivity index (χ2v) is 6.46. The van der Waals surface area contributed by atoms with Crippen molar-refractivity contribution in [3.63, 3.8) is 0 Å². The Morgan fingerprint density at radius 3 is 2.46 bits per heavy atom. The number of halogens is 1. The molecule has 2 aromatic carbocycles. The number of hydrogen-bond acceptors (Lipinski definition) is 3. The molecule has 0 fully saturated rings. The van der Waals surface area contributed by atoms with Gasteiger partial charge in [0.1, 0.15) is 0 Å². The van der Waals surface area contributed by atoms with Crippen molar-refractivity contribution < 1.29 is 19.4 Å². The minimum absolute atomic E-state index is 0.00195. The SMILES string of the molecule is Cc1c(-c2ccc(-c3ccc(C(=O)O)cc3)[nH]2)oc2c(O)cc(Cl)cc12. The molecule has 0 aliphatic heterocycles. The number of nitrogens with one attached hydrogen (secondary N) is 1. The minimum atomic E-state index is -0.958. The third-order valence-electron chi connectivity index (χ3n) is 4.36. The maximum Gasteiger partial charge on any atom is 0.335 e. The van der Waals surface area contributed by atoms with Gasteiger partial charge >= 0.3 is 5.97 Å². The zero-order valence-corrected chi connectivity index (χ0v) is 14.5. The molecule has 0 saturated heterocycles. The Hall–Kier alpha value is -3.18. The van der Waals surface area contributed by atoms with Gasteiger partial charge in [-0.1, -0.05) is 23.7 Å². The van der Waals surface area contributed by atoms with Crippen LogP contribution >= 0.6 is 11.6 Å². The summed E-state index contributed by atoms with van der Waals surface area (Å²) in [6.45, 7) is 1.90. The van der Waals surface area contributed by atoms with Crippen LogP contribution in [0, 0.1) is 6.92 Å². The molecule has 0 atom stereocenters. The number of aromatic carboxylic acids is 1. The number of aryl methyl sites for hydroxylation is 1. The van der Waals surface area contributed by atoms with Gasteiger partial charge in [0.2, 0.25) is 0 Å². The highest BCUT2D eigenvalue weighted by molar-refractivity contribution is 6.31. The standard InChI is InChI=1S/C20H14ClNO4/c1-10-14-8-13(21)9-17(23)19(14)26-18(10)16-7-6-15(22-16)11-2-4-12(5-3-11)20(24)25/h2-9,22-23H,1H3,(H,24,25). The third-order valence-corrected chi connectivity index (χ3v) is 4.57. The van der Waals surface area contributed by atoms with Crippen molar-refractivity contribution in [1.29, 1.82) is 0 Å². The van der Waals surface area contributed by atoms with Gasteiger partial charge in [-0.25, -0.2) is 4.79 Å². The van der Waals surface area contributed by atoms with E-state index in [0.717, 1.165) is 27.9 Å². The number of hydrogen-bond donors (Lipinski definition) is 3. The Balaban J connectivity index is 1.76. The lowest BCUT2D eigenvalue weighted by Crippen LogP contribution is -1.94. The van der Waals surface area contributed by atoms with Crippen LogP contribution in [0.25, 0.3) is 33.7 Å². The number of carbonyl (C=O) groups is 1. The van der Waals surface area contributed by atoms with E-state index in [1.807, 2.05) is 19.1 Å². The summed E-state index contributed by atoms with van der Waals surface area (Å²) in [5, 5.41) is 20.2. The second kappa shape index (κ2) is 5.97. The molecule has 0 radical (unpaired) electrons. The van der Waals surface area contributed by atoms with Crippen LogP contribution in [0.2, 0.25) is 5.02 Å². The predicted molar refractivity (Wildman–Crippen MR) is 99.8 cm³/mol. The van der Waals surface area contributed by atoms with Gasteiger partial charge in [-0.2, -0.15) is 0 Å². The maximum absolute atomic E-state index is 11.0. The molecule has 6 heteroatoms. The van der Waals surface area contributed by atoms with Crippen molar-refractivity contribution in [1.82, 2.24) is 4.98 Å². The molecule has 0 unspecified atom stereocenters. The van der Waals surface area contributed by atoms with Crippen molar-refractivity contribution in [2.75, 3.05) is 0 Å². The highest BCUT2D eigenvalue weighted by Gasteiger charge is 2.17. The fraction of sp³-hybridized carbons (Fsp3) is 0.0500. The number of fused-ring (bicyclic) bond motifs is 1. The summed E-state index contributed by atoms with van der Waals surface area (Å²) in [4.78, 5) is 14.2. The maximum atomic E-state index is 11.0. The van der Waals surface area contributed by atoms with E-state index in [4.69, 9.17) is 21.1 Å². The van der Waals surface area contributed by atoms with E-state index in [-0.39, 0.29) is 11.3 Å². The van der Waals surface area contributed by atoms with E-state index in [1.165, 1.54) is 6.07 Å². The highest BCUT2D eigenvalue weighted by Crippen LogP contribution is 2.39. The van der Waals surface area contributed by atoms with Crippen molar-refractivity contribution in [2.45, 2.75) is 6.92 Å². The molecule has 5 nitrogen and oxygen atoms in total. The molecule has 4 aromatic rings. The summed E-state index contributed by atoms with van der Waals surface area (Å²) in [5.41, 5.74) is 3.95. The van der Waals surface area contributed by atoms with Crippen LogP contribution in [-0.2, 0) is 0 Å². The van der Waals surface area contributed by atoms with Gasteiger partial charge in [0.25, 0.3) is 0 Å². The molecule has 2 aromatic heterocycles. The van der Waals surface area contributed by atoms with Crippen LogP contribution in [0.4, 0.5) is 0 Å². The average Bonchev–Trinajstić information content (AvgIpc) is 3.21. The molecule has 26 heavy (non-hydrogen) atoms. The zero-order valence-electron chi connectivity index (χ0n) is 13.7. The van der Waals surface area contributed by atoms with E-state index in [2.05, 4.69) is 4.98 Å². The van der Waals surface area contributed by atoms with E-state index < -0.39 is 5.97 Å². The van der Waals surface area contributed by atoms with Gasteiger partial charge in [0.05, 0.1) is 11.3 Å². The van der Waals surface area contributed by atoms with E-state index in [9.17, 15) is 9.90 Å². The summed E-state index contributed by atoms with van der Waals surface area (Å²) < 4.78 is 5.85. The fourth-order valence-electron chi connectivity index (χ4n) is 3.01. The van der Waals surface area contributed by atoms with Gasteiger partial charge < -0.3 is 19.6 Å². The topological polar surface area (TPSA) is 86.5 Å². The fourth-order valence-corrected chi connectivity index (χ4v) is 3.22. The van der Waals surface area contributed by atoms with Gasteiger partial charge in [-0.15, -0.1) is 0 Å². The Bertz CT molecular complexity index is 1140. The lowest BCUT2D eigenvalue weighted by molar-refractivity contribution is 0.0697. The number of rotatable bonds is 3. The lowest BCUT2D eigenvalue weighted by atomic mass is 10.1. The average molecular weight is 368 g/mol. The smallest absolute Gasteiger partial charge is 0.335 e. The van der Waals surface area contributed by atoms with E-state index in [0.29, 0.717) is 16.4 Å². The molecule has 130 valence electrons. The van der Waals surface area contributed by atoms with Crippen LogP contribution in [0.15, 0.2) is 52.9 Å². The molecule has 0 bridgehead atoms. The summed E-state index contributed by atoms with van der Waals surface area (Å²) in [7, 11) is 0. The molecule has 2 heterocycles. The number of furan rings is 1. The molecular weight excluding hydrogens is 354 g/mol. The highest BCUT2D eigenvalue weighted by atomic mass is 35.5. The predicted octanol–water partition coefficient (Wildman–Crippen LogP) is 5.46. The van der Waals surface area contributed by atoms with Crippen molar-refractivity contribution in [3.8, 4) is 28.5 Å². The third kappa shape index (κ3) is 2.62. The number of carboxylic acids is 1. The van der Waals surface area contributed by atoms with Crippen LogP contribution < -0.4 is 0 Å². The van der Waals surface area contributed by atoms with E-state index >= 15 is 0 Å². The zero-order chi connectivity index (χ0) is 18.4.